The minimum absolute atomic E-state index is 0.116. The van der Waals surface area contributed by atoms with Crippen LogP contribution < -0.4 is 11.1 Å². The number of amides is 1. The number of piperidine rings is 1. The summed E-state index contributed by atoms with van der Waals surface area (Å²) in [6.07, 6.45) is -1.92. The van der Waals surface area contributed by atoms with Gasteiger partial charge in [0.15, 0.2) is 0 Å². The SMILES string of the molecule is NC1CN(C(=O)C2(C(F)(F)F)CCNCC2)CC12CCC2. The molecule has 2 heterocycles. The fourth-order valence-corrected chi connectivity index (χ4v) is 4.08. The van der Waals surface area contributed by atoms with Gasteiger partial charge in [-0.2, -0.15) is 13.2 Å². The first-order valence-electron chi connectivity index (χ1n) is 7.63. The van der Waals surface area contributed by atoms with E-state index in [0.717, 1.165) is 19.3 Å². The standard InChI is InChI=1S/C14H22F3N3O/c15-14(16,17)13(4-6-19-7-5-13)11(21)20-8-10(18)12(9-20)2-1-3-12/h10,19H,1-9,18H2. The molecule has 1 aliphatic carbocycles. The monoisotopic (exact) mass is 305 g/mol. The predicted octanol–water partition coefficient (Wildman–Crippen LogP) is 1.26. The molecule has 0 radical (unpaired) electrons. The van der Waals surface area contributed by atoms with Crippen LogP contribution in [0.15, 0.2) is 0 Å². The molecule has 0 aromatic carbocycles. The number of nitrogens with one attached hydrogen (secondary N) is 1. The third-order valence-corrected chi connectivity index (χ3v) is 5.76. The molecule has 0 bridgehead atoms. The zero-order chi connectivity index (χ0) is 15.3. The Labute approximate surface area is 122 Å². The van der Waals surface area contributed by atoms with Crippen LogP contribution in [0, 0.1) is 10.8 Å². The number of carbonyl (C=O) groups excluding carboxylic acids is 1. The van der Waals surface area contributed by atoms with Crippen molar-refractivity contribution >= 4 is 5.91 Å². The van der Waals surface area contributed by atoms with E-state index in [1.807, 2.05) is 0 Å². The van der Waals surface area contributed by atoms with E-state index in [1.54, 1.807) is 0 Å². The first-order valence-corrected chi connectivity index (χ1v) is 7.63. The molecule has 0 aromatic rings. The molecule has 1 spiro atoms. The van der Waals surface area contributed by atoms with Crippen LogP contribution in [0.4, 0.5) is 13.2 Å². The number of hydrogen-bond donors (Lipinski definition) is 2. The van der Waals surface area contributed by atoms with Crippen molar-refractivity contribution in [3.8, 4) is 0 Å². The number of alkyl halides is 3. The number of carbonyl (C=O) groups is 1. The number of hydrogen-bond acceptors (Lipinski definition) is 3. The van der Waals surface area contributed by atoms with Gasteiger partial charge in [0.05, 0.1) is 0 Å². The summed E-state index contributed by atoms with van der Waals surface area (Å²) in [5, 5.41) is 2.91. The van der Waals surface area contributed by atoms with Crippen molar-refractivity contribution in [3.63, 3.8) is 0 Å². The van der Waals surface area contributed by atoms with Gasteiger partial charge in [0, 0.05) is 24.5 Å². The summed E-state index contributed by atoms with van der Waals surface area (Å²) >= 11 is 0. The molecule has 3 N–H and O–H groups in total. The van der Waals surface area contributed by atoms with E-state index in [1.165, 1.54) is 4.90 Å². The van der Waals surface area contributed by atoms with E-state index in [2.05, 4.69) is 5.32 Å². The van der Waals surface area contributed by atoms with Crippen LogP contribution in [-0.2, 0) is 4.79 Å². The van der Waals surface area contributed by atoms with Gasteiger partial charge in [-0.25, -0.2) is 0 Å². The Kier molecular flexibility index (Phi) is 3.48. The van der Waals surface area contributed by atoms with Crippen LogP contribution in [-0.4, -0.2) is 49.2 Å². The number of nitrogens with zero attached hydrogens (tertiary/aromatic N) is 1. The Morgan fingerprint density at radius 3 is 2.24 bits per heavy atom. The molecule has 7 heteroatoms. The Morgan fingerprint density at radius 2 is 1.81 bits per heavy atom. The normalized spacial score (nSPS) is 31.2. The predicted molar refractivity (Wildman–Crippen MR) is 71.4 cm³/mol. The van der Waals surface area contributed by atoms with Gasteiger partial charge in [-0.1, -0.05) is 6.42 Å². The molecule has 21 heavy (non-hydrogen) atoms. The molecule has 1 atom stereocenters. The number of rotatable bonds is 1. The molecule has 2 aliphatic heterocycles. The third-order valence-electron chi connectivity index (χ3n) is 5.76. The second-order valence-corrected chi connectivity index (χ2v) is 6.84. The molecule has 4 nitrogen and oxygen atoms in total. The van der Waals surface area contributed by atoms with Crippen molar-refractivity contribution in [1.29, 1.82) is 0 Å². The van der Waals surface area contributed by atoms with Gasteiger partial charge in [-0.05, 0) is 38.8 Å². The Balaban J connectivity index is 1.82. The number of halogens is 3. The smallest absolute Gasteiger partial charge is 0.340 e. The summed E-state index contributed by atoms with van der Waals surface area (Å²) in [6.45, 7) is 1.13. The highest BCUT2D eigenvalue weighted by molar-refractivity contribution is 5.84. The average molecular weight is 305 g/mol. The molecule has 1 saturated carbocycles. The minimum atomic E-state index is -4.49. The lowest BCUT2D eigenvalue weighted by Crippen LogP contribution is -2.56. The van der Waals surface area contributed by atoms with Gasteiger partial charge in [0.1, 0.15) is 5.41 Å². The largest absolute Gasteiger partial charge is 0.403 e. The Morgan fingerprint density at radius 1 is 1.19 bits per heavy atom. The molecule has 3 rings (SSSR count). The molecule has 1 unspecified atom stereocenters. The maximum absolute atomic E-state index is 13.6. The van der Waals surface area contributed by atoms with Crippen LogP contribution in [0.1, 0.15) is 32.1 Å². The summed E-state index contributed by atoms with van der Waals surface area (Å²) < 4.78 is 40.7. The van der Waals surface area contributed by atoms with Crippen molar-refractivity contribution in [2.45, 2.75) is 44.3 Å². The topological polar surface area (TPSA) is 58.4 Å². The Hall–Kier alpha value is -0.820. The average Bonchev–Trinajstić information content (AvgIpc) is 2.75. The fraction of sp³-hybridized carbons (Fsp3) is 0.929. The highest BCUT2D eigenvalue weighted by Gasteiger charge is 2.63. The molecule has 1 amide bonds. The van der Waals surface area contributed by atoms with E-state index < -0.39 is 17.5 Å². The molecule has 0 aromatic heterocycles. The highest BCUT2D eigenvalue weighted by Crippen LogP contribution is 2.51. The Bertz CT molecular complexity index is 428. The van der Waals surface area contributed by atoms with E-state index >= 15 is 0 Å². The highest BCUT2D eigenvalue weighted by atomic mass is 19.4. The first kappa shape index (κ1) is 15.1. The van der Waals surface area contributed by atoms with Crippen molar-refractivity contribution in [1.82, 2.24) is 10.2 Å². The summed E-state index contributed by atoms with van der Waals surface area (Å²) in [5.74, 6) is -0.754. The van der Waals surface area contributed by atoms with Crippen LogP contribution in [0.2, 0.25) is 0 Å². The molecular weight excluding hydrogens is 283 g/mol. The fourth-order valence-electron chi connectivity index (χ4n) is 4.08. The zero-order valence-corrected chi connectivity index (χ0v) is 12.0. The third kappa shape index (κ3) is 2.16. The van der Waals surface area contributed by atoms with Gasteiger partial charge >= 0.3 is 6.18 Å². The van der Waals surface area contributed by atoms with Crippen LogP contribution in [0.3, 0.4) is 0 Å². The lowest BCUT2D eigenvalue weighted by molar-refractivity contribution is -0.233. The van der Waals surface area contributed by atoms with E-state index in [-0.39, 0.29) is 43.9 Å². The summed E-state index contributed by atoms with van der Waals surface area (Å²) in [4.78, 5) is 14.1. The molecular formula is C14H22F3N3O. The van der Waals surface area contributed by atoms with Gasteiger partial charge in [0.25, 0.3) is 0 Å². The van der Waals surface area contributed by atoms with Crippen LogP contribution in [0.5, 0.6) is 0 Å². The van der Waals surface area contributed by atoms with Crippen molar-refractivity contribution < 1.29 is 18.0 Å². The van der Waals surface area contributed by atoms with E-state index in [4.69, 9.17) is 5.73 Å². The number of nitrogens with two attached hydrogens (primary N) is 1. The maximum atomic E-state index is 13.6. The second-order valence-electron chi connectivity index (χ2n) is 6.84. The molecule has 3 fully saturated rings. The zero-order valence-electron chi connectivity index (χ0n) is 12.0. The van der Waals surface area contributed by atoms with Gasteiger partial charge in [0.2, 0.25) is 5.91 Å². The summed E-state index contributed by atoms with van der Waals surface area (Å²) in [6, 6.07) is -0.179. The lowest BCUT2D eigenvalue weighted by atomic mass is 9.66. The summed E-state index contributed by atoms with van der Waals surface area (Å²) in [5.41, 5.74) is 3.77. The lowest BCUT2D eigenvalue weighted by Gasteiger charge is -2.42. The quantitative estimate of drug-likeness (QED) is 0.767. The van der Waals surface area contributed by atoms with Crippen molar-refractivity contribution in [3.05, 3.63) is 0 Å². The van der Waals surface area contributed by atoms with Crippen LogP contribution in [0.25, 0.3) is 0 Å². The van der Waals surface area contributed by atoms with Gasteiger partial charge < -0.3 is 16.0 Å². The van der Waals surface area contributed by atoms with Gasteiger partial charge in [-0.3, -0.25) is 4.79 Å². The van der Waals surface area contributed by atoms with Gasteiger partial charge in [-0.15, -0.1) is 0 Å². The minimum Gasteiger partial charge on any atom is -0.340 e. The maximum Gasteiger partial charge on any atom is 0.403 e. The van der Waals surface area contributed by atoms with Crippen molar-refractivity contribution in [2.24, 2.45) is 16.6 Å². The first-order chi connectivity index (χ1) is 9.81. The number of likely N-dealkylation sites (tertiary alicyclic amines) is 1. The second kappa shape index (κ2) is 4.84. The van der Waals surface area contributed by atoms with Crippen molar-refractivity contribution in [2.75, 3.05) is 26.2 Å². The van der Waals surface area contributed by atoms with Crippen LogP contribution >= 0.6 is 0 Å². The molecule has 120 valence electrons. The molecule has 3 aliphatic rings. The summed E-state index contributed by atoms with van der Waals surface area (Å²) in [7, 11) is 0. The van der Waals surface area contributed by atoms with E-state index in [9.17, 15) is 18.0 Å². The van der Waals surface area contributed by atoms with E-state index in [0.29, 0.717) is 6.54 Å². The molecule has 2 saturated heterocycles.